The molecule has 8 nitrogen and oxygen atoms in total. The highest BCUT2D eigenvalue weighted by atomic mass is 32.2. The maximum atomic E-state index is 12.2. The number of anilines is 2. The van der Waals surface area contributed by atoms with E-state index in [0.29, 0.717) is 23.2 Å². The Bertz CT molecular complexity index is 935. The number of nitrogens with one attached hydrogen (secondary N) is 3. The first kappa shape index (κ1) is 19.7. The molecule has 9 heteroatoms. The van der Waals surface area contributed by atoms with Crippen molar-refractivity contribution in [2.75, 3.05) is 23.0 Å². The molecule has 0 bridgehead atoms. The van der Waals surface area contributed by atoms with Crippen molar-refractivity contribution in [1.29, 1.82) is 0 Å². The second-order valence-electron chi connectivity index (χ2n) is 6.02. The number of aliphatic imine (C=N–C) groups is 1. The van der Waals surface area contributed by atoms with E-state index in [2.05, 4.69) is 25.8 Å². The predicted octanol–water partition coefficient (Wildman–Crippen LogP) is 3.38. The minimum atomic E-state index is -0.323. The van der Waals surface area contributed by atoms with Crippen LogP contribution in [0.5, 0.6) is 0 Å². The third-order valence-corrected chi connectivity index (χ3v) is 4.60. The summed E-state index contributed by atoms with van der Waals surface area (Å²) in [6.45, 7) is 3.95. The fraction of sp³-hybridized carbons (Fsp3) is 0.263. The number of carbonyl (C=O) groups is 2. The number of H-pyrrole nitrogens is 1. The summed E-state index contributed by atoms with van der Waals surface area (Å²) in [5, 5.41) is 13.3. The molecule has 0 fully saturated rings. The average Bonchev–Trinajstić information content (AvgIpc) is 2.96. The Morgan fingerprint density at radius 3 is 2.86 bits per heavy atom. The maximum Gasteiger partial charge on any atom is 0.311 e. The Balaban J connectivity index is 1.71. The van der Waals surface area contributed by atoms with Crippen LogP contribution in [0.2, 0.25) is 0 Å². The molecule has 1 aliphatic rings. The first-order valence-electron chi connectivity index (χ1n) is 8.79. The van der Waals surface area contributed by atoms with Crippen LogP contribution in [0.1, 0.15) is 19.0 Å². The molecule has 146 valence electrons. The Labute approximate surface area is 166 Å². The first-order chi connectivity index (χ1) is 13.5. The number of hydrogen-bond acceptors (Lipinski definition) is 7. The standard InChI is InChI=1S/C19H21N5O3S/c1-3-27-19(26)10-13-9-18(21-15-7-5-4-6-14(15)20-13)28-11-17(25)22-16-8-12(2)23-24-16/h4-9,20H,3,10-11H2,1-2H3,(H2,22,23,24,25). The van der Waals surface area contributed by atoms with Crippen LogP contribution < -0.4 is 10.6 Å². The molecule has 1 amide bonds. The van der Waals surface area contributed by atoms with Gasteiger partial charge in [-0.15, -0.1) is 0 Å². The van der Waals surface area contributed by atoms with Gasteiger partial charge in [0.1, 0.15) is 0 Å². The highest BCUT2D eigenvalue weighted by Gasteiger charge is 2.15. The van der Waals surface area contributed by atoms with Gasteiger partial charge in [-0.1, -0.05) is 23.9 Å². The van der Waals surface area contributed by atoms with Crippen LogP contribution in [0.15, 0.2) is 47.1 Å². The number of ether oxygens (including phenoxy) is 1. The topological polar surface area (TPSA) is 108 Å². The largest absolute Gasteiger partial charge is 0.466 e. The molecule has 0 spiro atoms. The van der Waals surface area contributed by atoms with Crippen molar-refractivity contribution in [1.82, 2.24) is 10.2 Å². The van der Waals surface area contributed by atoms with E-state index in [1.807, 2.05) is 31.2 Å². The number of para-hydroxylation sites is 2. The predicted molar refractivity (Wildman–Crippen MR) is 111 cm³/mol. The third-order valence-electron chi connectivity index (χ3n) is 3.69. The van der Waals surface area contributed by atoms with Crippen LogP contribution in [0.4, 0.5) is 17.2 Å². The van der Waals surface area contributed by atoms with Crippen molar-refractivity contribution in [3.05, 3.63) is 47.8 Å². The number of aryl methyl sites for hydroxylation is 1. The number of esters is 1. The zero-order chi connectivity index (χ0) is 19.9. The second-order valence-corrected chi connectivity index (χ2v) is 7.01. The fourth-order valence-corrected chi connectivity index (χ4v) is 3.26. The summed E-state index contributed by atoms with van der Waals surface area (Å²) in [4.78, 5) is 28.7. The summed E-state index contributed by atoms with van der Waals surface area (Å²) >= 11 is 1.28. The Hall–Kier alpha value is -3.07. The van der Waals surface area contributed by atoms with Gasteiger partial charge in [0.25, 0.3) is 0 Å². The molecule has 3 rings (SSSR count). The number of thioether (sulfide) groups is 1. The smallest absolute Gasteiger partial charge is 0.311 e. The van der Waals surface area contributed by atoms with Gasteiger partial charge < -0.3 is 15.4 Å². The Morgan fingerprint density at radius 1 is 1.29 bits per heavy atom. The molecule has 0 unspecified atom stereocenters. The lowest BCUT2D eigenvalue weighted by molar-refractivity contribution is -0.142. The summed E-state index contributed by atoms with van der Waals surface area (Å²) in [7, 11) is 0. The minimum Gasteiger partial charge on any atom is -0.466 e. The van der Waals surface area contributed by atoms with E-state index in [1.165, 1.54) is 11.8 Å². The number of fused-ring (bicyclic) bond motifs is 1. The highest BCUT2D eigenvalue weighted by Crippen LogP contribution is 2.31. The summed E-state index contributed by atoms with van der Waals surface area (Å²) in [5.74, 6) is 0.133. The number of rotatable bonds is 6. The zero-order valence-corrected chi connectivity index (χ0v) is 16.4. The van der Waals surface area contributed by atoms with E-state index in [1.54, 1.807) is 19.1 Å². The summed E-state index contributed by atoms with van der Waals surface area (Å²) in [5.41, 5.74) is 3.07. The molecule has 0 aliphatic carbocycles. The SMILES string of the molecule is CCOC(=O)CC1=CC(SCC(=O)Nc2cc(C)[nH]n2)=Nc2ccccc2N1. The second kappa shape index (κ2) is 9.23. The minimum absolute atomic E-state index is 0.0977. The van der Waals surface area contributed by atoms with Crippen LogP contribution in [0.25, 0.3) is 0 Å². The van der Waals surface area contributed by atoms with Crippen molar-refractivity contribution in [2.45, 2.75) is 20.3 Å². The quantitative estimate of drug-likeness (QED) is 0.643. The molecule has 1 aromatic carbocycles. The highest BCUT2D eigenvalue weighted by molar-refractivity contribution is 8.14. The van der Waals surface area contributed by atoms with E-state index in [4.69, 9.17) is 4.74 Å². The monoisotopic (exact) mass is 399 g/mol. The number of amides is 1. The van der Waals surface area contributed by atoms with Gasteiger partial charge in [-0.05, 0) is 32.1 Å². The summed E-state index contributed by atoms with van der Waals surface area (Å²) < 4.78 is 5.03. The molecule has 28 heavy (non-hydrogen) atoms. The normalized spacial score (nSPS) is 12.8. The van der Waals surface area contributed by atoms with E-state index in [0.717, 1.165) is 17.1 Å². The molecule has 1 aromatic heterocycles. The van der Waals surface area contributed by atoms with Gasteiger partial charge >= 0.3 is 5.97 Å². The van der Waals surface area contributed by atoms with E-state index in [9.17, 15) is 9.59 Å². The Morgan fingerprint density at radius 2 is 2.11 bits per heavy atom. The number of aromatic amines is 1. The molecule has 0 saturated heterocycles. The van der Waals surface area contributed by atoms with Gasteiger partial charge in [0, 0.05) is 17.5 Å². The average molecular weight is 399 g/mol. The van der Waals surface area contributed by atoms with Gasteiger partial charge in [-0.2, -0.15) is 5.10 Å². The number of nitrogens with zero attached hydrogens (tertiary/aromatic N) is 2. The van der Waals surface area contributed by atoms with E-state index in [-0.39, 0.29) is 24.1 Å². The molecular weight excluding hydrogens is 378 g/mol. The molecule has 3 N–H and O–H groups in total. The van der Waals surface area contributed by atoms with E-state index < -0.39 is 0 Å². The van der Waals surface area contributed by atoms with Crippen molar-refractivity contribution in [3.63, 3.8) is 0 Å². The molecule has 0 saturated carbocycles. The van der Waals surface area contributed by atoms with Gasteiger partial charge in [0.15, 0.2) is 5.82 Å². The first-order valence-corrected chi connectivity index (χ1v) is 9.77. The fourth-order valence-electron chi connectivity index (χ4n) is 2.52. The van der Waals surface area contributed by atoms with Crippen LogP contribution in [0.3, 0.4) is 0 Å². The lowest BCUT2D eigenvalue weighted by Crippen LogP contribution is -2.15. The van der Waals surface area contributed by atoms with Crippen LogP contribution in [-0.2, 0) is 14.3 Å². The van der Waals surface area contributed by atoms with Gasteiger partial charge in [-0.3, -0.25) is 14.7 Å². The molecular formula is C19H21N5O3S. The van der Waals surface area contributed by atoms with Crippen LogP contribution in [0, 0.1) is 6.92 Å². The maximum absolute atomic E-state index is 12.2. The lowest BCUT2D eigenvalue weighted by atomic mass is 10.2. The lowest BCUT2D eigenvalue weighted by Gasteiger charge is -2.10. The number of aromatic nitrogens is 2. The number of benzene rings is 1. The summed E-state index contributed by atoms with van der Waals surface area (Å²) in [6.07, 6.45) is 1.87. The molecule has 2 heterocycles. The van der Waals surface area contributed by atoms with Gasteiger partial charge in [0.05, 0.1) is 35.2 Å². The summed E-state index contributed by atoms with van der Waals surface area (Å²) in [6, 6.07) is 9.29. The van der Waals surface area contributed by atoms with Crippen molar-refractivity contribution < 1.29 is 14.3 Å². The van der Waals surface area contributed by atoms with Gasteiger partial charge in [0.2, 0.25) is 5.91 Å². The van der Waals surface area contributed by atoms with Crippen molar-refractivity contribution >= 4 is 45.9 Å². The van der Waals surface area contributed by atoms with Gasteiger partial charge in [-0.25, -0.2) is 4.99 Å². The molecule has 2 aromatic rings. The third kappa shape index (κ3) is 5.46. The van der Waals surface area contributed by atoms with Crippen LogP contribution >= 0.6 is 11.8 Å². The molecule has 0 radical (unpaired) electrons. The molecule has 1 aliphatic heterocycles. The van der Waals surface area contributed by atoms with Crippen molar-refractivity contribution in [2.24, 2.45) is 4.99 Å². The number of hydrogen-bond donors (Lipinski definition) is 3. The van der Waals surface area contributed by atoms with Crippen LogP contribution in [-0.4, -0.2) is 39.5 Å². The van der Waals surface area contributed by atoms with E-state index >= 15 is 0 Å². The zero-order valence-electron chi connectivity index (χ0n) is 15.6. The number of carbonyl (C=O) groups excluding carboxylic acids is 2. The van der Waals surface area contributed by atoms with Crippen molar-refractivity contribution in [3.8, 4) is 0 Å². The molecule has 0 atom stereocenters. The Kier molecular flexibility index (Phi) is 6.49.